The van der Waals surface area contributed by atoms with Crippen LogP contribution < -0.4 is 10.0 Å². The van der Waals surface area contributed by atoms with Gasteiger partial charge in [0.25, 0.3) is 5.69 Å². The number of hydrogen-bond donors (Lipinski definition) is 2. The number of aryl methyl sites for hydroxylation is 1. The lowest BCUT2D eigenvalue weighted by Crippen LogP contribution is -2.41. The van der Waals surface area contributed by atoms with E-state index in [1.807, 2.05) is 10.8 Å². The van der Waals surface area contributed by atoms with Crippen molar-refractivity contribution in [1.29, 1.82) is 0 Å². The number of sulfonamides is 1. The van der Waals surface area contributed by atoms with Crippen LogP contribution in [-0.2, 0) is 22.9 Å². The number of nitrogens with zero attached hydrogens (tertiary/aromatic N) is 1. The molecule has 0 spiro atoms. The van der Waals surface area contributed by atoms with Crippen molar-refractivity contribution in [3.63, 3.8) is 0 Å². The van der Waals surface area contributed by atoms with Gasteiger partial charge in [0.15, 0.2) is 4.90 Å². The van der Waals surface area contributed by atoms with E-state index in [2.05, 4.69) is 35.6 Å². The van der Waals surface area contributed by atoms with Gasteiger partial charge >= 0.3 is 0 Å². The first-order valence-corrected chi connectivity index (χ1v) is 15.5. The minimum atomic E-state index is -3.77. The largest absolute Gasteiger partial charge is 0.313 e. The van der Waals surface area contributed by atoms with Crippen molar-refractivity contribution < 1.29 is 17.7 Å². The van der Waals surface area contributed by atoms with E-state index >= 15 is 0 Å². The van der Waals surface area contributed by atoms with Gasteiger partial charge in [-0.3, -0.25) is 10.1 Å². The Labute approximate surface area is 236 Å². The topological polar surface area (TPSA) is 101 Å². The molecular weight excluding hydrogens is 529 g/mol. The molecule has 1 fully saturated rings. The van der Waals surface area contributed by atoms with E-state index < -0.39 is 20.6 Å². The zero-order valence-electron chi connectivity index (χ0n) is 22.9. The summed E-state index contributed by atoms with van der Waals surface area (Å²) in [6.45, 7) is 1.15. The number of benzene rings is 3. The minimum Gasteiger partial charge on any atom is -0.313 e. The minimum absolute atomic E-state index is 0.101. The van der Waals surface area contributed by atoms with E-state index in [4.69, 9.17) is 0 Å². The summed E-state index contributed by atoms with van der Waals surface area (Å²) in [4.78, 5) is 9.44. The average molecular weight is 568 g/mol. The third kappa shape index (κ3) is 7.74. The van der Waals surface area contributed by atoms with Crippen LogP contribution in [0.1, 0.15) is 61.1 Å². The van der Waals surface area contributed by atoms with Crippen LogP contribution in [0, 0.1) is 21.8 Å². The normalized spacial score (nSPS) is 19.2. The van der Waals surface area contributed by atoms with Crippen LogP contribution in [0.2, 0.25) is 0 Å². The molecule has 0 radical (unpaired) electrons. The highest BCUT2D eigenvalue weighted by atomic mass is 32.2. The molecule has 2 N–H and O–H groups in total. The van der Waals surface area contributed by atoms with Gasteiger partial charge in [-0.25, -0.2) is 17.5 Å². The van der Waals surface area contributed by atoms with Gasteiger partial charge in [0.2, 0.25) is 10.0 Å². The van der Waals surface area contributed by atoms with Gasteiger partial charge in [0.05, 0.1) is 4.92 Å². The van der Waals surface area contributed by atoms with Crippen LogP contribution in [0.3, 0.4) is 0 Å². The van der Waals surface area contributed by atoms with E-state index in [0.29, 0.717) is 12.0 Å². The van der Waals surface area contributed by atoms with Crippen molar-refractivity contribution in [3.05, 3.63) is 105 Å². The molecule has 214 valence electrons. The number of hydrogen-bond acceptors (Lipinski definition) is 5. The Morgan fingerprint density at radius 1 is 0.950 bits per heavy atom. The molecule has 0 heterocycles. The predicted molar refractivity (Wildman–Crippen MR) is 155 cm³/mol. The second-order valence-electron chi connectivity index (χ2n) is 10.6. The molecule has 40 heavy (non-hydrogen) atoms. The summed E-state index contributed by atoms with van der Waals surface area (Å²) in [5, 5.41) is 14.4. The van der Waals surface area contributed by atoms with E-state index in [9.17, 15) is 22.9 Å². The predicted octanol–water partition coefficient (Wildman–Crippen LogP) is 6.14. The van der Waals surface area contributed by atoms with Crippen molar-refractivity contribution in [2.24, 2.45) is 5.92 Å². The van der Waals surface area contributed by atoms with Gasteiger partial charge in [0.1, 0.15) is 5.82 Å². The van der Waals surface area contributed by atoms with Crippen molar-refractivity contribution in [1.82, 2.24) is 10.0 Å². The molecule has 1 saturated carbocycles. The number of halogens is 1. The van der Waals surface area contributed by atoms with Crippen molar-refractivity contribution in [3.8, 4) is 0 Å². The maximum Gasteiger partial charge on any atom is 0.289 e. The van der Waals surface area contributed by atoms with Gasteiger partial charge in [-0.1, -0.05) is 67.8 Å². The molecule has 3 aromatic carbocycles. The highest BCUT2D eigenvalue weighted by molar-refractivity contribution is 7.89. The zero-order valence-corrected chi connectivity index (χ0v) is 23.7. The Morgan fingerprint density at radius 3 is 2.35 bits per heavy atom. The standard InChI is InChI=1S/C24H30FN.C7H8N2O4S/c25-21-12-13-22-20(16-21)11-14-24(26-17-19-9-5-2-6-10-19)23(22)15-18-7-3-1-4-8-18;1-8-14(12,13)7-5-3-2-4-6(7)9(10)11/h1,3-4,7-8,12-13,16,19,23-24,26H,2,5-6,9-11,14-15,17H2;2-5,8H,1H3. The van der Waals surface area contributed by atoms with Crippen LogP contribution in [0.25, 0.3) is 0 Å². The van der Waals surface area contributed by atoms with E-state index in [-0.39, 0.29) is 10.7 Å². The zero-order chi connectivity index (χ0) is 28.5. The number of nitro benzene ring substituents is 1. The molecule has 0 aromatic heterocycles. The fourth-order valence-electron chi connectivity index (χ4n) is 5.90. The first-order chi connectivity index (χ1) is 19.3. The molecular formula is C31H38FN3O4S. The second kappa shape index (κ2) is 14.0. The van der Waals surface area contributed by atoms with Crippen LogP contribution in [-0.4, -0.2) is 33.0 Å². The molecule has 0 amide bonds. The molecule has 0 aliphatic heterocycles. The Hall–Kier alpha value is -3.14. The lowest BCUT2D eigenvalue weighted by molar-refractivity contribution is -0.387. The quantitative estimate of drug-likeness (QED) is 0.252. The van der Waals surface area contributed by atoms with Gasteiger partial charge in [-0.2, -0.15) is 0 Å². The smallest absolute Gasteiger partial charge is 0.289 e. The summed E-state index contributed by atoms with van der Waals surface area (Å²) in [7, 11) is -2.57. The summed E-state index contributed by atoms with van der Waals surface area (Å²) >= 11 is 0. The highest BCUT2D eigenvalue weighted by Gasteiger charge is 2.30. The monoisotopic (exact) mass is 567 g/mol. The number of para-hydroxylation sites is 1. The number of fused-ring (bicyclic) bond motifs is 1. The lowest BCUT2D eigenvalue weighted by Gasteiger charge is -2.36. The van der Waals surface area contributed by atoms with Crippen molar-refractivity contribution >= 4 is 15.7 Å². The van der Waals surface area contributed by atoms with Gasteiger partial charge in [-0.15, -0.1) is 0 Å². The first kappa shape index (κ1) is 29.8. The van der Waals surface area contributed by atoms with Crippen LogP contribution in [0.4, 0.5) is 10.1 Å². The lowest BCUT2D eigenvalue weighted by atomic mass is 9.76. The molecule has 0 saturated heterocycles. The van der Waals surface area contributed by atoms with Gasteiger partial charge in [-0.05, 0) is 86.5 Å². The maximum absolute atomic E-state index is 13.7. The second-order valence-corrected chi connectivity index (χ2v) is 12.5. The van der Waals surface area contributed by atoms with Crippen molar-refractivity contribution in [2.75, 3.05) is 13.6 Å². The summed E-state index contributed by atoms with van der Waals surface area (Å²) in [6.07, 6.45) is 10.1. The molecule has 2 aliphatic rings. The van der Waals surface area contributed by atoms with E-state index in [0.717, 1.165) is 37.8 Å². The summed E-state index contributed by atoms with van der Waals surface area (Å²) in [6, 6.07) is 21.8. The number of nitro groups is 1. The molecule has 2 atom stereocenters. The SMILES string of the molecule is CNS(=O)(=O)c1ccccc1[N+](=O)[O-].Fc1ccc2c(c1)CCC(NCC1CCCCC1)C2Cc1ccccc1. The Balaban J connectivity index is 0.000000224. The van der Waals surface area contributed by atoms with Crippen LogP contribution in [0.15, 0.2) is 77.7 Å². The first-order valence-electron chi connectivity index (χ1n) is 14.0. The molecule has 9 heteroatoms. The summed E-state index contributed by atoms with van der Waals surface area (Å²) in [5.74, 6) is 1.18. The number of rotatable bonds is 8. The van der Waals surface area contributed by atoms with Crippen molar-refractivity contribution in [2.45, 2.75) is 68.2 Å². The summed E-state index contributed by atoms with van der Waals surface area (Å²) < 4.78 is 38.4. The third-order valence-electron chi connectivity index (χ3n) is 8.03. The molecule has 5 rings (SSSR count). The third-order valence-corrected chi connectivity index (χ3v) is 9.49. The van der Waals surface area contributed by atoms with Gasteiger partial charge < -0.3 is 5.32 Å². The van der Waals surface area contributed by atoms with Gasteiger partial charge in [0, 0.05) is 18.0 Å². The summed E-state index contributed by atoms with van der Waals surface area (Å²) in [5.41, 5.74) is 3.50. The maximum atomic E-state index is 13.7. The Bertz CT molecular complexity index is 1380. The van der Waals surface area contributed by atoms with E-state index in [1.165, 1.54) is 74.0 Å². The average Bonchev–Trinajstić information content (AvgIpc) is 2.98. The van der Waals surface area contributed by atoms with E-state index in [1.54, 1.807) is 12.1 Å². The fraction of sp³-hybridized carbons (Fsp3) is 0.419. The number of nitrogens with one attached hydrogen (secondary N) is 2. The molecule has 3 aromatic rings. The highest BCUT2D eigenvalue weighted by Crippen LogP contribution is 2.35. The van der Waals surface area contributed by atoms with Crippen LogP contribution in [0.5, 0.6) is 0 Å². The Kier molecular flexibility index (Phi) is 10.4. The Morgan fingerprint density at radius 2 is 1.65 bits per heavy atom. The molecule has 7 nitrogen and oxygen atoms in total. The molecule has 2 unspecified atom stereocenters. The fourth-order valence-corrected chi connectivity index (χ4v) is 6.80. The molecule has 0 bridgehead atoms. The van der Waals surface area contributed by atoms with Crippen LogP contribution >= 0.6 is 0 Å². The molecule has 2 aliphatic carbocycles.